The van der Waals surface area contributed by atoms with Crippen LogP contribution >= 0.6 is 0 Å². The fourth-order valence-corrected chi connectivity index (χ4v) is 2.51. The molecule has 1 unspecified atom stereocenters. The first kappa shape index (κ1) is 12.9. The van der Waals surface area contributed by atoms with Gasteiger partial charge in [-0.15, -0.1) is 15.3 Å². The third kappa shape index (κ3) is 2.43. The SMILES string of the molecule is Cc1cnc(OC2CCN(c3ccc4nncn4n3)C2)nc1. The van der Waals surface area contributed by atoms with Gasteiger partial charge in [0, 0.05) is 25.4 Å². The van der Waals surface area contributed by atoms with Gasteiger partial charge < -0.3 is 9.64 Å². The maximum absolute atomic E-state index is 5.83. The van der Waals surface area contributed by atoms with Crippen LogP contribution in [-0.2, 0) is 0 Å². The van der Waals surface area contributed by atoms with Crippen LogP contribution in [0, 0.1) is 6.92 Å². The fourth-order valence-electron chi connectivity index (χ4n) is 2.51. The predicted molar refractivity (Wildman–Crippen MR) is 78.8 cm³/mol. The molecule has 8 nitrogen and oxygen atoms in total. The van der Waals surface area contributed by atoms with Gasteiger partial charge in [0.25, 0.3) is 0 Å². The molecule has 3 aromatic heterocycles. The molecule has 3 aromatic rings. The molecule has 0 aromatic carbocycles. The van der Waals surface area contributed by atoms with Crippen molar-refractivity contribution < 1.29 is 4.74 Å². The van der Waals surface area contributed by atoms with Crippen molar-refractivity contribution in [2.24, 2.45) is 0 Å². The lowest BCUT2D eigenvalue weighted by Gasteiger charge is -2.17. The summed E-state index contributed by atoms with van der Waals surface area (Å²) in [5.41, 5.74) is 1.76. The third-order valence-electron chi connectivity index (χ3n) is 3.65. The molecule has 0 bridgehead atoms. The first-order chi connectivity index (χ1) is 10.8. The molecule has 4 heterocycles. The van der Waals surface area contributed by atoms with Gasteiger partial charge in [0.1, 0.15) is 18.2 Å². The van der Waals surface area contributed by atoms with Crippen LogP contribution in [0.25, 0.3) is 5.65 Å². The molecule has 1 aliphatic rings. The lowest BCUT2D eigenvalue weighted by Crippen LogP contribution is -2.26. The monoisotopic (exact) mass is 297 g/mol. The molecular formula is C14H15N7O. The fraction of sp³-hybridized carbons (Fsp3) is 0.357. The minimum Gasteiger partial charge on any atom is -0.458 e. The second-order valence-corrected chi connectivity index (χ2v) is 5.34. The standard InChI is InChI=1S/C14H15N7O/c1-10-6-15-14(16-7-10)22-11-4-5-20(8-11)13-3-2-12-18-17-9-21(12)19-13/h2-3,6-7,9,11H,4-5,8H2,1H3. The Morgan fingerprint density at radius 1 is 1.23 bits per heavy atom. The molecule has 1 aliphatic heterocycles. The quantitative estimate of drug-likeness (QED) is 0.709. The molecule has 0 amide bonds. The van der Waals surface area contributed by atoms with Gasteiger partial charge in [-0.2, -0.15) is 4.52 Å². The summed E-state index contributed by atoms with van der Waals surface area (Å²) < 4.78 is 7.50. The molecule has 0 spiro atoms. The summed E-state index contributed by atoms with van der Waals surface area (Å²) in [5.74, 6) is 0.892. The number of nitrogens with zero attached hydrogens (tertiary/aromatic N) is 7. The van der Waals surface area contributed by atoms with E-state index in [-0.39, 0.29) is 6.10 Å². The number of hydrogen-bond acceptors (Lipinski definition) is 7. The number of fused-ring (bicyclic) bond motifs is 1. The van der Waals surface area contributed by atoms with E-state index < -0.39 is 0 Å². The van der Waals surface area contributed by atoms with Gasteiger partial charge in [0.15, 0.2) is 5.65 Å². The second kappa shape index (κ2) is 5.21. The number of anilines is 1. The van der Waals surface area contributed by atoms with E-state index in [0.717, 1.165) is 36.5 Å². The molecule has 1 fully saturated rings. The zero-order valence-electron chi connectivity index (χ0n) is 12.1. The van der Waals surface area contributed by atoms with Crippen molar-refractivity contribution in [3.63, 3.8) is 0 Å². The van der Waals surface area contributed by atoms with Crippen LogP contribution in [0.2, 0.25) is 0 Å². The molecular weight excluding hydrogens is 282 g/mol. The summed E-state index contributed by atoms with van der Waals surface area (Å²) >= 11 is 0. The highest BCUT2D eigenvalue weighted by Crippen LogP contribution is 2.20. The lowest BCUT2D eigenvalue weighted by molar-refractivity contribution is 0.206. The first-order valence-corrected chi connectivity index (χ1v) is 7.15. The predicted octanol–water partition coefficient (Wildman–Crippen LogP) is 0.880. The van der Waals surface area contributed by atoms with Crippen molar-refractivity contribution in [1.82, 2.24) is 29.8 Å². The summed E-state index contributed by atoms with van der Waals surface area (Å²) in [6, 6.07) is 4.29. The highest BCUT2D eigenvalue weighted by Gasteiger charge is 2.26. The molecule has 0 saturated carbocycles. The van der Waals surface area contributed by atoms with E-state index in [9.17, 15) is 0 Å². The van der Waals surface area contributed by atoms with E-state index in [0.29, 0.717) is 6.01 Å². The van der Waals surface area contributed by atoms with Gasteiger partial charge in [-0.25, -0.2) is 9.97 Å². The smallest absolute Gasteiger partial charge is 0.316 e. The van der Waals surface area contributed by atoms with Crippen LogP contribution in [0.3, 0.4) is 0 Å². The maximum atomic E-state index is 5.83. The van der Waals surface area contributed by atoms with E-state index in [1.165, 1.54) is 0 Å². The van der Waals surface area contributed by atoms with Gasteiger partial charge in [0.2, 0.25) is 0 Å². The molecule has 8 heteroatoms. The average molecular weight is 297 g/mol. The zero-order valence-corrected chi connectivity index (χ0v) is 12.1. The van der Waals surface area contributed by atoms with E-state index in [4.69, 9.17) is 4.74 Å². The topological polar surface area (TPSA) is 81.3 Å². The van der Waals surface area contributed by atoms with E-state index in [2.05, 4.69) is 30.2 Å². The molecule has 0 N–H and O–H groups in total. The molecule has 1 saturated heterocycles. The maximum Gasteiger partial charge on any atom is 0.316 e. The van der Waals surface area contributed by atoms with Crippen LogP contribution in [0.5, 0.6) is 6.01 Å². The molecule has 112 valence electrons. The van der Waals surface area contributed by atoms with Crippen LogP contribution in [0.4, 0.5) is 5.82 Å². The first-order valence-electron chi connectivity index (χ1n) is 7.15. The van der Waals surface area contributed by atoms with Gasteiger partial charge in [-0.3, -0.25) is 0 Å². The second-order valence-electron chi connectivity index (χ2n) is 5.34. The van der Waals surface area contributed by atoms with Crippen molar-refractivity contribution >= 4 is 11.5 Å². The van der Waals surface area contributed by atoms with E-state index >= 15 is 0 Å². The Morgan fingerprint density at radius 2 is 2.09 bits per heavy atom. The number of ether oxygens (including phenoxy) is 1. The van der Waals surface area contributed by atoms with Crippen molar-refractivity contribution in [2.45, 2.75) is 19.4 Å². The summed E-state index contributed by atoms with van der Waals surface area (Å²) in [6.45, 7) is 3.60. The number of hydrogen-bond donors (Lipinski definition) is 0. The Hall–Kier alpha value is -2.77. The minimum atomic E-state index is 0.0705. The van der Waals surface area contributed by atoms with Gasteiger partial charge in [-0.05, 0) is 24.6 Å². The normalized spacial score (nSPS) is 18.0. The van der Waals surface area contributed by atoms with E-state index in [1.54, 1.807) is 23.2 Å². The zero-order chi connectivity index (χ0) is 14.9. The van der Waals surface area contributed by atoms with Crippen LogP contribution in [0.1, 0.15) is 12.0 Å². The molecule has 4 rings (SSSR count). The summed E-state index contributed by atoms with van der Waals surface area (Å²) in [5, 5.41) is 12.3. The minimum absolute atomic E-state index is 0.0705. The number of aryl methyl sites for hydroxylation is 1. The molecule has 0 aliphatic carbocycles. The van der Waals surface area contributed by atoms with Crippen LogP contribution in [-0.4, -0.2) is 49.0 Å². The molecule has 0 radical (unpaired) electrons. The number of rotatable bonds is 3. The van der Waals surface area contributed by atoms with Crippen molar-refractivity contribution in [3.8, 4) is 6.01 Å². The van der Waals surface area contributed by atoms with E-state index in [1.807, 2.05) is 19.1 Å². The van der Waals surface area contributed by atoms with Crippen LogP contribution in [0.15, 0.2) is 30.9 Å². The Morgan fingerprint density at radius 3 is 2.95 bits per heavy atom. The van der Waals surface area contributed by atoms with Crippen molar-refractivity contribution in [2.75, 3.05) is 18.0 Å². The van der Waals surface area contributed by atoms with Gasteiger partial charge in [0.05, 0.1) is 6.54 Å². The summed E-state index contributed by atoms with van der Waals surface area (Å²) in [6.07, 6.45) is 6.11. The van der Waals surface area contributed by atoms with Crippen LogP contribution < -0.4 is 9.64 Å². The summed E-state index contributed by atoms with van der Waals surface area (Å²) in [4.78, 5) is 10.5. The molecule has 22 heavy (non-hydrogen) atoms. The number of aromatic nitrogens is 6. The van der Waals surface area contributed by atoms with Gasteiger partial charge >= 0.3 is 6.01 Å². The van der Waals surface area contributed by atoms with Crippen molar-refractivity contribution in [1.29, 1.82) is 0 Å². The molecule has 1 atom stereocenters. The Kier molecular flexibility index (Phi) is 3.06. The Labute approximate surface area is 126 Å². The highest BCUT2D eigenvalue weighted by atomic mass is 16.5. The third-order valence-corrected chi connectivity index (χ3v) is 3.65. The largest absolute Gasteiger partial charge is 0.458 e. The highest BCUT2D eigenvalue weighted by molar-refractivity contribution is 5.45. The summed E-state index contributed by atoms with van der Waals surface area (Å²) in [7, 11) is 0. The lowest BCUT2D eigenvalue weighted by atomic mass is 10.3. The average Bonchev–Trinajstić information content (AvgIpc) is 3.17. The van der Waals surface area contributed by atoms with Crippen molar-refractivity contribution in [3.05, 3.63) is 36.4 Å². The Bertz CT molecular complexity index is 785. The van der Waals surface area contributed by atoms with Gasteiger partial charge in [-0.1, -0.05) is 0 Å². The Balaban J connectivity index is 1.46.